The van der Waals surface area contributed by atoms with Gasteiger partial charge in [-0.05, 0) is 38.8 Å². The third-order valence-corrected chi connectivity index (χ3v) is 6.71. The number of benzene rings is 1. The lowest BCUT2D eigenvalue weighted by molar-refractivity contribution is -0.125. The lowest BCUT2D eigenvalue weighted by Gasteiger charge is -2.47. The van der Waals surface area contributed by atoms with E-state index in [0.29, 0.717) is 18.1 Å². The van der Waals surface area contributed by atoms with Gasteiger partial charge in [-0.3, -0.25) is 4.90 Å². The summed E-state index contributed by atoms with van der Waals surface area (Å²) in [6.07, 6.45) is 2.10. The van der Waals surface area contributed by atoms with E-state index in [1.807, 2.05) is 19.1 Å². The maximum absolute atomic E-state index is 12.8. The van der Waals surface area contributed by atoms with Gasteiger partial charge >= 0.3 is 0 Å². The number of hydrogen-bond acceptors (Lipinski definition) is 4. The number of hydrogen-bond donors (Lipinski definition) is 0. The van der Waals surface area contributed by atoms with Gasteiger partial charge in [0.15, 0.2) is 9.84 Å². The van der Waals surface area contributed by atoms with Gasteiger partial charge in [-0.2, -0.15) is 0 Å². The van der Waals surface area contributed by atoms with Crippen molar-refractivity contribution < 1.29 is 13.2 Å². The molecule has 2 fully saturated rings. The van der Waals surface area contributed by atoms with Gasteiger partial charge in [-0.1, -0.05) is 17.7 Å². The second-order valence-electron chi connectivity index (χ2n) is 5.97. The Bertz CT molecular complexity index is 590. The molecule has 0 radical (unpaired) electrons. The van der Waals surface area contributed by atoms with Crippen LogP contribution in [0, 0.1) is 6.92 Å². The van der Waals surface area contributed by atoms with Gasteiger partial charge in [0.25, 0.3) is 0 Å². The largest absolute Gasteiger partial charge is 0.377 e. The third kappa shape index (κ3) is 2.08. The van der Waals surface area contributed by atoms with Gasteiger partial charge in [0.1, 0.15) is 5.37 Å². The van der Waals surface area contributed by atoms with Crippen molar-refractivity contribution in [1.82, 2.24) is 4.90 Å². The highest BCUT2D eigenvalue weighted by Gasteiger charge is 2.51. The van der Waals surface area contributed by atoms with E-state index in [1.54, 1.807) is 19.1 Å². The molecule has 110 valence electrons. The Balaban J connectivity index is 1.89. The van der Waals surface area contributed by atoms with Crippen molar-refractivity contribution in [2.45, 2.75) is 42.5 Å². The van der Waals surface area contributed by atoms with Crippen molar-refractivity contribution in [3.05, 3.63) is 29.8 Å². The molecule has 2 aliphatic rings. The summed E-state index contributed by atoms with van der Waals surface area (Å²) in [5, 5.41) is -0.489. The molecule has 3 rings (SSSR count). The summed E-state index contributed by atoms with van der Waals surface area (Å²) in [6.45, 7) is 5.94. The van der Waals surface area contributed by atoms with Crippen LogP contribution in [-0.4, -0.2) is 44.0 Å². The molecule has 1 unspecified atom stereocenters. The van der Waals surface area contributed by atoms with Crippen molar-refractivity contribution in [2.24, 2.45) is 0 Å². The fraction of sp³-hybridized carbons (Fsp3) is 0.600. The van der Waals surface area contributed by atoms with Gasteiger partial charge in [-0.15, -0.1) is 0 Å². The number of sulfone groups is 1. The van der Waals surface area contributed by atoms with E-state index in [-0.39, 0.29) is 5.54 Å². The highest BCUT2D eigenvalue weighted by Crippen LogP contribution is 2.39. The second kappa shape index (κ2) is 4.83. The molecular formula is C15H21NO3S. The van der Waals surface area contributed by atoms with Crippen molar-refractivity contribution in [3.8, 4) is 0 Å². The lowest BCUT2D eigenvalue weighted by Crippen LogP contribution is -2.62. The molecule has 20 heavy (non-hydrogen) atoms. The van der Waals surface area contributed by atoms with Crippen LogP contribution in [0.5, 0.6) is 0 Å². The Hall–Kier alpha value is -0.910. The highest BCUT2D eigenvalue weighted by molar-refractivity contribution is 7.92. The van der Waals surface area contributed by atoms with E-state index in [9.17, 15) is 8.42 Å². The smallest absolute Gasteiger partial charge is 0.194 e. The van der Waals surface area contributed by atoms with Crippen molar-refractivity contribution in [2.75, 3.05) is 19.8 Å². The maximum atomic E-state index is 12.8. The summed E-state index contributed by atoms with van der Waals surface area (Å²) >= 11 is 0. The molecule has 5 heteroatoms. The minimum absolute atomic E-state index is 0.0306. The van der Waals surface area contributed by atoms with Crippen molar-refractivity contribution in [1.29, 1.82) is 0 Å². The Morgan fingerprint density at radius 1 is 1.25 bits per heavy atom. The lowest BCUT2D eigenvalue weighted by atomic mass is 9.94. The average Bonchev–Trinajstić information content (AvgIpc) is 2.82. The van der Waals surface area contributed by atoms with Crippen LogP contribution in [0.2, 0.25) is 0 Å². The Labute approximate surface area is 120 Å². The molecule has 0 aliphatic carbocycles. The second-order valence-corrected chi connectivity index (χ2v) is 8.22. The van der Waals surface area contributed by atoms with Crippen LogP contribution in [0.4, 0.5) is 0 Å². The molecule has 1 spiro atoms. The van der Waals surface area contributed by atoms with Crippen molar-refractivity contribution >= 4 is 9.84 Å². The first-order valence-electron chi connectivity index (χ1n) is 7.11. The van der Waals surface area contributed by atoms with Crippen molar-refractivity contribution in [3.63, 3.8) is 0 Å². The van der Waals surface area contributed by atoms with Gasteiger partial charge in [0.2, 0.25) is 0 Å². The number of nitrogens with zero attached hydrogens (tertiary/aromatic N) is 1. The minimum atomic E-state index is -3.32. The van der Waals surface area contributed by atoms with Crippen LogP contribution >= 0.6 is 0 Å². The minimum Gasteiger partial charge on any atom is -0.377 e. The van der Waals surface area contributed by atoms with E-state index in [1.165, 1.54) is 0 Å². The quantitative estimate of drug-likeness (QED) is 0.855. The normalized spacial score (nSPS) is 23.7. The number of aryl methyl sites for hydroxylation is 1. The summed E-state index contributed by atoms with van der Waals surface area (Å²) < 4.78 is 30.9. The fourth-order valence-corrected chi connectivity index (χ4v) is 4.84. The number of rotatable bonds is 3. The zero-order chi connectivity index (χ0) is 14.4. The molecule has 1 aromatic carbocycles. The molecule has 1 atom stereocenters. The summed E-state index contributed by atoms with van der Waals surface area (Å²) in [4.78, 5) is 2.55. The van der Waals surface area contributed by atoms with E-state index >= 15 is 0 Å². The molecule has 0 bridgehead atoms. The van der Waals surface area contributed by atoms with Crippen LogP contribution < -0.4 is 0 Å². The Morgan fingerprint density at radius 3 is 2.45 bits per heavy atom. The highest BCUT2D eigenvalue weighted by atomic mass is 32.2. The summed E-state index contributed by atoms with van der Waals surface area (Å²) in [6, 6.07) is 7.12. The first kappa shape index (κ1) is 14.0. The zero-order valence-electron chi connectivity index (χ0n) is 12.0. The van der Waals surface area contributed by atoms with Crippen LogP contribution in [0.15, 0.2) is 29.2 Å². The fourth-order valence-electron chi connectivity index (χ4n) is 3.27. The standard InChI is InChI=1S/C15H21NO3S/c1-12-4-6-14(7-5-12)20(17,18)13(2)16-9-3-8-15(16)10-19-11-15/h4-7,13H,3,8-11H2,1-2H3. The molecule has 2 heterocycles. The predicted molar refractivity (Wildman–Crippen MR) is 77.3 cm³/mol. The van der Waals surface area contributed by atoms with Gasteiger partial charge < -0.3 is 4.74 Å². The molecule has 1 aromatic rings. The maximum Gasteiger partial charge on any atom is 0.194 e. The molecule has 0 N–H and O–H groups in total. The van der Waals surface area contributed by atoms with E-state index in [4.69, 9.17) is 4.74 Å². The van der Waals surface area contributed by atoms with Gasteiger partial charge in [-0.25, -0.2) is 8.42 Å². The van der Waals surface area contributed by atoms with Gasteiger partial charge in [0, 0.05) is 6.54 Å². The summed E-state index contributed by atoms with van der Waals surface area (Å²) in [7, 11) is -3.32. The van der Waals surface area contributed by atoms with E-state index < -0.39 is 15.2 Å². The topological polar surface area (TPSA) is 46.6 Å². The zero-order valence-corrected chi connectivity index (χ0v) is 12.8. The SMILES string of the molecule is Cc1ccc(S(=O)(=O)C(C)N2CCCC23COC3)cc1. The molecule has 2 aliphatic heterocycles. The summed E-state index contributed by atoms with van der Waals surface area (Å²) in [5.74, 6) is 0. The van der Waals surface area contributed by atoms with Crippen LogP contribution in [0.1, 0.15) is 25.3 Å². The Morgan fingerprint density at radius 2 is 1.90 bits per heavy atom. The molecule has 4 nitrogen and oxygen atoms in total. The van der Waals surface area contributed by atoms with E-state index in [0.717, 1.165) is 24.9 Å². The van der Waals surface area contributed by atoms with Crippen LogP contribution in [0.3, 0.4) is 0 Å². The molecule has 0 aromatic heterocycles. The molecule has 0 amide bonds. The van der Waals surface area contributed by atoms with Crippen LogP contribution in [0.25, 0.3) is 0 Å². The number of ether oxygens (including phenoxy) is 1. The average molecular weight is 295 g/mol. The first-order chi connectivity index (χ1) is 9.46. The molecule has 0 saturated carbocycles. The third-order valence-electron chi connectivity index (χ3n) is 4.63. The molecule has 2 saturated heterocycles. The summed E-state index contributed by atoms with van der Waals surface area (Å²) in [5.41, 5.74) is 1.04. The Kier molecular flexibility index (Phi) is 3.39. The van der Waals surface area contributed by atoms with Crippen LogP contribution in [-0.2, 0) is 14.6 Å². The predicted octanol–water partition coefficient (Wildman–Crippen LogP) is 1.98. The molecular weight excluding hydrogens is 274 g/mol. The van der Waals surface area contributed by atoms with Gasteiger partial charge in [0.05, 0.1) is 23.6 Å². The number of likely N-dealkylation sites (tertiary alicyclic amines) is 1. The first-order valence-corrected chi connectivity index (χ1v) is 8.65. The monoisotopic (exact) mass is 295 g/mol. The van der Waals surface area contributed by atoms with E-state index in [2.05, 4.69) is 4.90 Å².